The fourth-order valence-corrected chi connectivity index (χ4v) is 2.27. The van der Waals surface area contributed by atoms with Crippen LogP contribution in [-0.2, 0) is 5.60 Å². The molecule has 3 nitrogen and oxygen atoms in total. The van der Waals surface area contributed by atoms with Gasteiger partial charge >= 0.3 is 0 Å². The van der Waals surface area contributed by atoms with Crippen LogP contribution in [0.4, 0.5) is 0 Å². The molecule has 1 aromatic rings. The van der Waals surface area contributed by atoms with Crippen molar-refractivity contribution in [3.05, 3.63) is 29.8 Å². The van der Waals surface area contributed by atoms with E-state index in [1.54, 1.807) is 0 Å². The molecule has 0 spiro atoms. The number of hydrogen-bond donors (Lipinski definition) is 2. The van der Waals surface area contributed by atoms with Crippen LogP contribution in [0.25, 0.3) is 0 Å². The third kappa shape index (κ3) is 1.81. The van der Waals surface area contributed by atoms with Gasteiger partial charge in [0.05, 0.1) is 11.7 Å². The molecule has 2 aliphatic rings. The van der Waals surface area contributed by atoms with E-state index in [2.05, 4.69) is 0 Å². The second-order valence-electron chi connectivity index (χ2n) is 5.04. The first-order chi connectivity index (χ1) is 7.66. The average Bonchev–Trinajstić information content (AvgIpc) is 3.01. The fraction of sp³-hybridized carbons (Fsp3) is 0.538. The van der Waals surface area contributed by atoms with Gasteiger partial charge in [0.25, 0.3) is 0 Å². The Morgan fingerprint density at radius 3 is 2.31 bits per heavy atom. The quantitative estimate of drug-likeness (QED) is 0.810. The Labute approximate surface area is 95.2 Å². The lowest BCUT2D eigenvalue weighted by atomic mass is 9.72. The molecule has 2 saturated carbocycles. The van der Waals surface area contributed by atoms with E-state index in [4.69, 9.17) is 10.5 Å². The van der Waals surface area contributed by atoms with Gasteiger partial charge in [-0.3, -0.25) is 0 Å². The van der Waals surface area contributed by atoms with Gasteiger partial charge in [0.1, 0.15) is 5.75 Å². The van der Waals surface area contributed by atoms with Gasteiger partial charge in [-0.15, -0.1) is 0 Å². The van der Waals surface area contributed by atoms with Gasteiger partial charge in [-0.1, -0.05) is 12.1 Å². The smallest absolute Gasteiger partial charge is 0.119 e. The first kappa shape index (κ1) is 10.1. The Kier molecular flexibility index (Phi) is 2.19. The first-order valence-electron chi connectivity index (χ1n) is 5.91. The van der Waals surface area contributed by atoms with Crippen molar-refractivity contribution in [1.82, 2.24) is 0 Å². The van der Waals surface area contributed by atoms with Crippen LogP contribution in [0, 0.1) is 0 Å². The molecule has 0 aliphatic heterocycles. The van der Waals surface area contributed by atoms with Crippen LogP contribution in [0.15, 0.2) is 24.3 Å². The summed E-state index contributed by atoms with van der Waals surface area (Å²) >= 11 is 0. The zero-order valence-corrected chi connectivity index (χ0v) is 9.23. The Balaban J connectivity index is 1.71. The lowest BCUT2D eigenvalue weighted by Crippen LogP contribution is -2.49. The van der Waals surface area contributed by atoms with Crippen LogP contribution in [0.3, 0.4) is 0 Å². The minimum absolute atomic E-state index is 0.146. The number of ether oxygens (including phenoxy) is 1. The van der Waals surface area contributed by atoms with Gasteiger partial charge in [0, 0.05) is 6.04 Å². The second kappa shape index (κ2) is 3.47. The van der Waals surface area contributed by atoms with Crippen molar-refractivity contribution in [2.24, 2.45) is 5.73 Å². The average molecular weight is 219 g/mol. The van der Waals surface area contributed by atoms with E-state index >= 15 is 0 Å². The van der Waals surface area contributed by atoms with E-state index in [9.17, 15) is 5.11 Å². The van der Waals surface area contributed by atoms with Gasteiger partial charge in [0.15, 0.2) is 0 Å². The minimum atomic E-state index is -0.697. The van der Waals surface area contributed by atoms with Crippen molar-refractivity contribution in [1.29, 1.82) is 0 Å². The zero-order valence-electron chi connectivity index (χ0n) is 9.23. The molecule has 0 radical (unpaired) electrons. The maximum atomic E-state index is 10.2. The maximum Gasteiger partial charge on any atom is 0.119 e. The van der Waals surface area contributed by atoms with Crippen LogP contribution in [-0.4, -0.2) is 17.3 Å². The highest BCUT2D eigenvalue weighted by Gasteiger charge is 2.42. The molecule has 1 aromatic carbocycles. The van der Waals surface area contributed by atoms with E-state index in [-0.39, 0.29) is 6.04 Å². The molecule has 3 N–H and O–H groups in total. The molecule has 0 amide bonds. The number of benzene rings is 1. The van der Waals surface area contributed by atoms with Crippen LogP contribution in [0.1, 0.15) is 31.2 Å². The summed E-state index contributed by atoms with van der Waals surface area (Å²) in [6.45, 7) is 0. The van der Waals surface area contributed by atoms with Crippen LogP contribution in [0.2, 0.25) is 0 Å². The lowest BCUT2D eigenvalue weighted by Gasteiger charge is -2.42. The lowest BCUT2D eigenvalue weighted by molar-refractivity contribution is -0.0523. The molecule has 86 valence electrons. The summed E-state index contributed by atoms with van der Waals surface area (Å²) in [5, 5.41) is 10.2. The topological polar surface area (TPSA) is 55.5 Å². The summed E-state index contributed by atoms with van der Waals surface area (Å²) in [6.07, 6.45) is 4.08. The molecule has 0 bridgehead atoms. The predicted molar refractivity (Wildman–Crippen MR) is 61.2 cm³/mol. The van der Waals surface area contributed by atoms with Gasteiger partial charge in [-0.25, -0.2) is 0 Å². The molecule has 3 rings (SSSR count). The van der Waals surface area contributed by atoms with Crippen LogP contribution < -0.4 is 10.5 Å². The number of aliphatic hydroxyl groups is 1. The third-order valence-corrected chi connectivity index (χ3v) is 3.42. The van der Waals surface area contributed by atoms with Crippen molar-refractivity contribution in [2.75, 3.05) is 0 Å². The predicted octanol–water partition coefficient (Wildman–Crippen LogP) is 1.54. The summed E-state index contributed by atoms with van der Waals surface area (Å²) < 4.78 is 5.66. The highest BCUT2D eigenvalue weighted by molar-refractivity contribution is 5.33. The Bertz CT molecular complexity index is 377. The molecule has 2 fully saturated rings. The summed E-state index contributed by atoms with van der Waals surface area (Å²) in [7, 11) is 0. The molecule has 0 atom stereocenters. The Morgan fingerprint density at radius 1 is 1.19 bits per heavy atom. The summed E-state index contributed by atoms with van der Waals surface area (Å²) in [5.41, 5.74) is 5.97. The van der Waals surface area contributed by atoms with Crippen molar-refractivity contribution >= 4 is 0 Å². The fourth-order valence-electron chi connectivity index (χ4n) is 2.27. The normalized spacial score (nSPS) is 33.2. The molecule has 0 heterocycles. The van der Waals surface area contributed by atoms with Crippen molar-refractivity contribution in [3.8, 4) is 5.75 Å². The second-order valence-corrected chi connectivity index (χ2v) is 5.04. The highest BCUT2D eigenvalue weighted by Crippen LogP contribution is 2.40. The Hall–Kier alpha value is -1.06. The molecule has 0 aromatic heterocycles. The Morgan fingerprint density at radius 2 is 1.81 bits per heavy atom. The zero-order chi connectivity index (χ0) is 11.2. The minimum Gasteiger partial charge on any atom is -0.490 e. The van der Waals surface area contributed by atoms with Crippen LogP contribution in [0.5, 0.6) is 5.75 Å². The van der Waals surface area contributed by atoms with Crippen molar-refractivity contribution in [3.63, 3.8) is 0 Å². The summed E-state index contributed by atoms with van der Waals surface area (Å²) in [4.78, 5) is 0. The van der Waals surface area contributed by atoms with Crippen LogP contribution >= 0.6 is 0 Å². The number of rotatable bonds is 3. The number of nitrogens with two attached hydrogens (primary N) is 1. The molecular formula is C13H17NO2. The third-order valence-electron chi connectivity index (χ3n) is 3.42. The van der Waals surface area contributed by atoms with Gasteiger partial charge in [0.2, 0.25) is 0 Å². The molecule has 2 aliphatic carbocycles. The molecular weight excluding hydrogens is 202 g/mol. The highest BCUT2D eigenvalue weighted by atomic mass is 16.5. The van der Waals surface area contributed by atoms with E-state index in [0.717, 1.165) is 11.3 Å². The summed E-state index contributed by atoms with van der Waals surface area (Å²) in [6, 6.07) is 7.92. The standard InChI is InChI=1S/C13H17NO2/c14-10-7-13(15,8-10)9-1-3-11(4-2-9)16-12-5-6-12/h1-4,10,12,15H,5-8,14H2. The molecule has 0 saturated heterocycles. The molecule has 16 heavy (non-hydrogen) atoms. The molecule has 3 heteroatoms. The van der Waals surface area contributed by atoms with E-state index in [0.29, 0.717) is 18.9 Å². The number of hydrogen-bond acceptors (Lipinski definition) is 3. The van der Waals surface area contributed by atoms with Gasteiger partial charge in [-0.2, -0.15) is 0 Å². The first-order valence-corrected chi connectivity index (χ1v) is 5.91. The molecule has 0 unspecified atom stereocenters. The van der Waals surface area contributed by atoms with Crippen molar-refractivity contribution < 1.29 is 9.84 Å². The van der Waals surface area contributed by atoms with Gasteiger partial charge < -0.3 is 15.6 Å². The maximum absolute atomic E-state index is 10.2. The van der Waals surface area contributed by atoms with Gasteiger partial charge in [-0.05, 0) is 43.4 Å². The van der Waals surface area contributed by atoms with E-state index in [1.807, 2.05) is 24.3 Å². The monoisotopic (exact) mass is 219 g/mol. The SMILES string of the molecule is NC1CC(O)(c2ccc(OC3CC3)cc2)C1. The largest absolute Gasteiger partial charge is 0.490 e. The summed E-state index contributed by atoms with van der Waals surface area (Å²) in [5.74, 6) is 0.901. The van der Waals surface area contributed by atoms with E-state index in [1.165, 1.54) is 12.8 Å². The van der Waals surface area contributed by atoms with Crippen molar-refractivity contribution in [2.45, 2.75) is 43.4 Å². The van der Waals surface area contributed by atoms with E-state index < -0.39 is 5.60 Å².